The second-order valence-electron chi connectivity index (χ2n) is 6.31. The van der Waals surface area contributed by atoms with Gasteiger partial charge in [-0.25, -0.2) is 0 Å². The molecule has 0 aromatic carbocycles. The molecule has 4 aliphatic rings. The summed E-state index contributed by atoms with van der Waals surface area (Å²) >= 11 is 0. The maximum absolute atomic E-state index is 6.17. The monoisotopic (exact) mass is 208 g/mol. The van der Waals surface area contributed by atoms with Gasteiger partial charge in [-0.3, -0.25) is 0 Å². The molecule has 0 aromatic rings. The van der Waals surface area contributed by atoms with Crippen LogP contribution in [-0.2, 0) is 9.31 Å². The topological polar surface area (TPSA) is 18.5 Å². The summed E-state index contributed by atoms with van der Waals surface area (Å²) < 4.78 is 12.2. The lowest BCUT2D eigenvalue weighted by molar-refractivity contribution is -0.199. The minimum absolute atomic E-state index is 0.00106. The second-order valence-corrected chi connectivity index (χ2v) is 6.31. The lowest BCUT2D eigenvalue weighted by Gasteiger charge is -2.64. The van der Waals surface area contributed by atoms with E-state index >= 15 is 0 Å². The van der Waals surface area contributed by atoms with Crippen molar-refractivity contribution in [2.75, 3.05) is 0 Å². The normalized spacial score (nSPS) is 51.2. The highest BCUT2D eigenvalue weighted by Crippen LogP contribution is 2.65. The first-order valence-corrected chi connectivity index (χ1v) is 6.31. The van der Waals surface area contributed by atoms with Gasteiger partial charge in [-0.15, -0.1) is 0 Å². The molecule has 84 valence electrons. The Bertz CT molecular complexity index is 291. The van der Waals surface area contributed by atoms with E-state index in [1.54, 1.807) is 0 Å². The fourth-order valence-electron chi connectivity index (χ4n) is 4.13. The second kappa shape index (κ2) is 2.81. The lowest BCUT2D eigenvalue weighted by atomic mass is 9.43. The van der Waals surface area contributed by atoms with E-state index in [4.69, 9.17) is 9.31 Å². The van der Waals surface area contributed by atoms with Crippen LogP contribution in [-0.4, -0.2) is 18.8 Å². The summed E-state index contributed by atoms with van der Waals surface area (Å²) in [5.74, 6) is 1.56. The quantitative estimate of drug-likeness (QED) is 0.617. The maximum Gasteiger partial charge on any atom is 0.457 e. The van der Waals surface area contributed by atoms with E-state index in [9.17, 15) is 0 Å². The molecule has 0 amide bonds. The van der Waals surface area contributed by atoms with Gasteiger partial charge in [-0.2, -0.15) is 0 Å². The Balaban J connectivity index is 1.89. The molecular formula is C12H21BO2. The Hall–Kier alpha value is -0.0151. The molecule has 0 N–H and O–H groups in total. The van der Waals surface area contributed by atoms with Gasteiger partial charge in [0.2, 0.25) is 0 Å². The first kappa shape index (κ1) is 10.2. The summed E-state index contributed by atoms with van der Waals surface area (Å²) in [7, 11) is 0.0511. The molecule has 1 heterocycles. The molecule has 1 saturated heterocycles. The zero-order valence-corrected chi connectivity index (χ0v) is 10.2. The van der Waals surface area contributed by atoms with Crippen molar-refractivity contribution in [3.63, 3.8) is 0 Å². The molecule has 3 heteroatoms. The van der Waals surface area contributed by atoms with Crippen molar-refractivity contribution in [1.29, 1.82) is 0 Å². The average Bonchev–Trinajstić information content (AvgIpc) is 2.53. The Morgan fingerprint density at radius 1 is 1.27 bits per heavy atom. The van der Waals surface area contributed by atoms with Crippen LogP contribution in [0.5, 0.6) is 0 Å². The SMILES string of the molecule is CCB1OC2CC3CC(C3(C)C)[C@]2(C)O1. The van der Waals surface area contributed by atoms with Crippen LogP contribution in [0.2, 0.25) is 6.32 Å². The van der Waals surface area contributed by atoms with Crippen molar-refractivity contribution >= 4 is 7.12 Å². The highest BCUT2D eigenvalue weighted by molar-refractivity contribution is 6.45. The third-order valence-electron chi connectivity index (χ3n) is 5.34. The Labute approximate surface area is 92.9 Å². The molecule has 15 heavy (non-hydrogen) atoms. The van der Waals surface area contributed by atoms with Crippen LogP contribution in [0.4, 0.5) is 0 Å². The molecule has 2 nitrogen and oxygen atoms in total. The van der Waals surface area contributed by atoms with Gasteiger partial charge < -0.3 is 9.31 Å². The van der Waals surface area contributed by atoms with E-state index in [2.05, 4.69) is 27.7 Å². The van der Waals surface area contributed by atoms with Crippen LogP contribution in [0.25, 0.3) is 0 Å². The number of rotatable bonds is 1. The molecule has 2 bridgehead atoms. The first-order chi connectivity index (χ1) is 6.98. The van der Waals surface area contributed by atoms with Crippen molar-refractivity contribution in [2.24, 2.45) is 17.3 Å². The molecule has 0 radical (unpaired) electrons. The van der Waals surface area contributed by atoms with Crippen molar-refractivity contribution in [1.82, 2.24) is 0 Å². The molecule has 0 aromatic heterocycles. The predicted octanol–water partition coefficient (Wildman–Crippen LogP) is 2.73. The van der Waals surface area contributed by atoms with Crippen molar-refractivity contribution in [2.45, 2.75) is 58.6 Å². The Kier molecular flexibility index (Phi) is 1.90. The van der Waals surface area contributed by atoms with Gasteiger partial charge >= 0.3 is 7.12 Å². The van der Waals surface area contributed by atoms with E-state index in [0.717, 1.165) is 12.2 Å². The average molecular weight is 208 g/mol. The van der Waals surface area contributed by atoms with Gasteiger partial charge in [0.25, 0.3) is 0 Å². The van der Waals surface area contributed by atoms with Crippen LogP contribution in [0.15, 0.2) is 0 Å². The van der Waals surface area contributed by atoms with E-state index in [-0.39, 0.29) is 12.7 Å². The van der Waals surface area contributed by atoms with Crippen LogP contribution in [0.1, 0.15) is 40.5 Å². The first-order valence-electron chi connectivity index (χ1n) is 6.31. The smallest absolute Gasteiger partial charge is 0.405 e. The van der Waals surface area contributed by atoms with Gasteiger partial charge in [0.05, 0.1) is 11.7 Å². The van der Waals surface area contributed by atoms with Crippen LogP contribution >= 0.6 is 0 Å². The van der Waals surface area contributed by atoms with Crippen LogP contribution in [0, 0.1) is 17.3 Å². The maximum atomic E-state index is 6.17. The highest BCUT2D eigenvalue weighted by Gasteiger charge is 2.67. The third kappa shape index (κ3) is 1.09. The van der Waals surface area contributed by atoms with Gasteiger partial charge in [-0.1, -0.05) is 20.8 Å². The van der Waals surface area contributed by atoms with Gasteiger partial charge in [-0.05, 0) is 43.3 Å². The fourth-order valence-corrected chi connectivity index (χ4v) is 4.13. The molecule has 3 saturated carbocycles. The molecule has 3 unspecified atom stereocenters. The molecule has 4 fully saturated rings. The number of hydrogen-bond acceptors (Lipinski definition) is 2. The van der Waals surface area contributed by atoms with E-state index in [0.29, 0.717) is 17.4 Å². The minimum Gasteiger partial charge on any atom is -0.405 e. The fraction of sp³-hybridized carbons (Fsp3) is 1.00. The molecule has 0 spiro atoms. The summed E-state index contributed by atoms with van der Waals surface area (Å²) in [5.41, 5.74) is 0.468. The summed E-state index contributed by atoms with van der Waals surface area (Å²) in [6, 6.07) is 0. The van der Waals surface area contributed by atoms with Crippen LogP contribution in [0.3, 0.4) is 0 Å². The summed E-state index contributed by atoms with van der Waals surface area (Å²) in [4.78, 5) is 0. The molecule has 4 atom stereocenters. The Morgan fingerprint density at radius 2 is 2.00 bits per heavy atom. The zero-order chi connectivity index (χ0) is 10.8. The predicted molar refractivity (Wildman–Crippen MR) is 60.6 cm³/mol. The van der Waals surface area contributed by atoms with Crippen molar-refractivity contribution < 1.29 is 9.31 Å². The van der Waals surface area contributed by atoms with Crippen molar-refractivity contribution in [3.8, 4) is 0 Å². The highest BCUT2D eigenvalue weighted by atomic mass is 16.7. The molecule has 4 rings (SSSR count). The summed E-state index contributed by atoms with van der Waals surface area (Å²) in [6.07, 6.45) is 3.89. The summed E-state index contributed by atoms with van der Waals surface area (Å²) in [6.45, 7) is 9.21. The third-order valence-corrected chi connectivity index (χ3v) is 5.34. The van der Waals surface area contributed by atoms with Gasteiger partial charge in [0.15, 0.2) is 0 Å². The largest absolute Gasteiger partial charge is 0.457 e. The molecule has 3 aliphatic carbocycles. The minimum atomic E-state index is -0.00106. The van der Waals surface area contributed by atoms with Crippen molar-refractivity contribution in [3.05, 3.63) is 0 Å². The number of hydrogen-bond donors (Lipinski definition) is 0. The molecular weight excluding hydrogens is 187 g/mol. The molecule has 1 aliphatic heterocycles. The standard InChI is InChI=1S/C12H21BO2/c1-5-13-14-10-7-8-6-9(11(8,2)3)12(10,4)15-13/h8-10H,5-7H2,1-4H3/t8?,9?,10?,12-/m0/s1. The zero-order valence-electron chi connectivity index (χ0n) is 10.2. The lowest BCUT2D eigenvalue weighted by Crippen LogP contribution is -2.65. The van der Waals surface area contributed by atoms with Crippen LogP contribution < -0.4 is 0 Å². The van der Waals surface area contributed by atoms with Gasteiger partial charge in [0, 0.05) is 0 Å². The Morgan fingerprint density at radius 3 is 2.60 bits per heavy atom. The van der Waals surface area contributed by atoms with E-state index in [1.807, 2.05) is 0 Å². The summed E-state index contributed by atoms with van der Waals surface area (Å²) in [5, 5.41) is 0. The van der Waals surface area contributed by atoms with Gasteiger partial charge in [0.1, 0.15) is 0 Å². The van der Waals surface area contributed by atoms with E-state index < -0.39 is 0 Å². The van der Waals surface area contributed by atoms with E-state index in [1.165, 1.54) is 12.8 Å².